The van der Waals surface area contributed by atoms with Gasteiger partial charge >= 0.3 is 0 Å². The van der Waals surface area contributed by atoms with Crippen LogP contribution in [-0.4, -0.2) is 18.7 Å². The Hall–Kier alpha value is -1.02. The van der Waals surface area contributed by atoms with Crippen molar-refractivity contribution in [2.75, 3.05) is 13.1 Å². The van der Waals surface area contributed by atoms with Gasteiger partial charge in [-0.15, -0.1) is 0 Å². The molecule has 102 valence electrons. The van der Waals surface area contributed by atoms with E-state index >= 15 is 0 Å². The van der Waals surface area contributed by atoms with Crippen molar-refractivity contribution in [1.29, 1.82) is 0 Å². The van der Waals surface area contributed by atoms with Gasteiger partial charge in [0.2, 0.25) is 0 Å². The molecule has 0 radical (unpaired) electrons. The van der Waals surface area contributed by atoms with Crippen LogP contribution in [0.4, 0.5) is 0 Å². The Labute approximate surface area is 112 Å². The Kier molecular flexibility index (Phi) is 5.67. The first-order chi connectivity index (χ1) is 8.52. The maximum atomic E-state index is 6.25. The van der Waals surface area contributed by atoms with Crippen LogP contribution >= 0.6 is 0 Å². The summed E-state index contributed by atoms with van der Waals surface area (Å²) in [6.07, 6.45) is 2.15. The highest BCUT2D eigenvalue weighted by Crippen LogP contribution is 2.26. The molecule has 2 heteroatoms. The van der Waals surface area contributed by atoms with Crippen LogP contribution in [0.15, 0.2) is 18.2 Å². The highest BCUT2D eigenvalue weighted by molar-refractivity contribution is 5.38. The van der Waals surface area contributed by atoms with Crippen molar-refractivity contribution < 1.29 is 4.74 Å². The van der Waals surface area contributed by atoms with Crippen molar-refractivity contribution in [3.63, 3.8) is 0 Å². The van der Waals surface area contributed by atoms with Crippen molar-refractivity contribution >= 4 is 0 Å². The van der Waals surface area contributed by atoms with Crippen LogP contribution in [0.5, 0.6) is 5.75 Å². The minimum Gasteiger partial charge on any atom is -0.486 e. The van der Waals surface area contributed by atoms with Crippen LogP contribution in [-0.2, 0) is 0 Å². The molecule has 0 aliphatic heterocycles. The molecule has 0 amide bonds. The molecule has 1 N–H and O–H groups in total. The molecule has 1 unspecified atom stereocenters. The third-order valence-corrected chi connectivity index (χ3v) is 3.58. The SMILES string of the molecule is CCCNCC(C)(CC)Oc1cccc(C)c1C. The van der Waals surface area contributed by atoms with E-state index in [1.807, 2.05) is 0 Å². The molecule has 0 spiro atoms. The van der Waals surface area contributed by atoms with E-state index in [2.05, 4.69) is 58.1 Å². The van der Waals surface area contributed by atoms with Gasteiger partial charge in [0.15, 0.2) is 0 Å². The molecular formula is C16H27NO. The Morgan fingerprint density at radius 3 is 2.56 bits per heavy atom. The number of hydrogen-bond donors (Lipinski definition) is 1. The summed E-state index contributed by atoms with van der Waals surface area (Å²) in [5.74, 6) is 1.01. The number of ether oxygens (including phenoxy) is 1. The normalized spacial score (nSPS) is 14.3. The van der Waals surface area contributed by atoms with Gasteiger partial charge in [-0.3, -0.25) is 0 Å². The molecule has 18 heavy (non-hydrogen) atoms. The molecule has 0 bridgehead atoms. The van der Waals surface area contributed by atoms with E-state index in [9.17, 15) is 0 Å². The number of benzene rings is 1. The van der Waals surface area contributed by atoms with E-state index < -0.39 is 0 Å². The molecule has 0 aromatic heterocycles. The molecular weight excluding hydrogens is 222 g/mol. The zero-order chi connectivity index (χ0) is 13.6. The van der Waals surface area contributed by atoms with Crippen molar-refractivity contribution in [2.24, 2.45) is 0 Å². The van der Waals surface area contributed by atoms with E-state index in [0.717, 1.165) is 31.7 Å². The second kappa shape index (κ2) is 6.79. The summed E-state index contributed by atoms with van der Waals surface area (Å²) in [4.78, 5) is 0. The molecule has 1 aromatic rings. The van der Waals surface area contributed by atoms with Crippen molar-refractivity contribution in [2.45, 2.75) is 53.1 Å². The lowest BCUT2D eigenvalue weighted by atomic mass is 10.0. The van der Waals surface area contributed by atoms with Gasteiger partial charge in [-0.1, -0.05) is 26.0 Å². The Bertz CT molecular complexity index is 375. The fraction of sp³-hybridized carbons (Fsp3) is 0.625. The first-order valence-electron chi connectivity index (χ1n) is 6.98. The third kappa shape index (κ3) is 4.02. The topological polar surface area (TPSA) is 21.3 Å². The molecule has 0 saturated carbocycles. The van der Waals surface area contributed by atoms with Gasteiger partial charge in [-0.2, -0.15) is 0 Å². The molecule has 0 aliphatic carbocycles. The molecule has 2 nitrogen and oxygen atoms in total. The van der Waals surface area contributed by atoms with Gasteiger partial charge < -0.3 is 10.1 Å². The predicted molar refractivity (Wildman–Crippen MR) is 78.4 cm³/mol. The quantitative estimate of drug-likeness (QED) is 0.741. The van der Waals surface area contributed by atoms with E-state index in [1.165, 1.54) is 11.1 Å². The summed E-state index contributed by atoms with van der Waals surface area (Å²) in [6.45, 7) is 12.7. The van der Waals surface area contributed by atoms with Gasteiger partial charge in [0, 0.05) is 6.54 Å². The first-order valence-corrected chi connectivity index (χ1v) is 6.98. The second-order valence-corrected chi connectivity index (χ2v) is 5.28. The number of hydrogen-bond acceptors (Lipinski definition) is 2. The molecule has 1 atom stereocenters. The molecule has 1 rings (SSSR count). The average molecular weight is 249 g/mol. The second-order valence-electron chi connectivity index (χ2n) is 5.28. The van der Waals surface area contributed by atoms with E-state index in [-0.39, 0.29) is 5.60 Å². The van der Waals surface area contributed by atoms with Crippen LogP contribution in [0.3, 0.4) is 0 Å². The van der Waals surface area contributed by atoms with E-state index in [1.54, 1.807) is 0 Å². The van der Waals surface area contributed by atoms with Crippen LogP contribution in [0, 0.1) is 13.8 Å². The average Bonchev–Trinajstić information content (AvgIpc) is 2.35. The van der Waals surface area contributed by atoms with Gasteiger partial charge in [0.05, 0.1) is 0 Å². The lowest BCUT2D eigenvalue weighted by Crippen LogP contribution is -2.43. The standard InChI is InChI=1S/C16H27NO/c1-6-11-17-12-16(5,7-2)18-15-10-8-9-13(3)14(15)4/h8-10,17H,6-7,11-12H2,1-5H3. The fourth-order valence-electron chi connectivity index (χ4n) is 1.86. The predicted octanol–water partition coefficient (Wildman–Crippen LogP) is 3.85. The molecule has 0 aliphatic rings. The van der Waals surface area contributed by atoms with Crippen LogP contribution in [0.2, 0.25) is 0 Å². The lowest BCUT2D eigenvalue weighted by molar-refractivity contribution is 0.0828. The highest BCUT2D eigenvalue weighted by Gasteiger charge is 2.24. The van der Waals surface area contributed by atoms with Gasteiger partial charge in [-0.05, 0) is 57.4 Å². The highest BCUT2D eigenvalue weighted by atomic mass is 16.5. The van der Waals surface area contributed by atoms with Crippen molar-refractivity contribution in [1.82, 2.24) is 5.32 Å². The largest absolute Gasteiger partial charge is 0.486 e. The van der Waals surface area contributed by atoms with Crippen molar-refractivity contribution in [3.8, 4) is 5.75 Å². The number of aryl methyl sites for hydroxylation is 1. The zero-order valence-electron chi connectivity index (χ0n) is 12.5. The lowest BCUT2D eigenvalue weighted by Gasteiger charge is -2.31. The Balaban J connectivity index is 2.75. The Morgan fingerprint density at radius 1 is 1.22 bits per heavy atom. The summed E-state index contributed by atoms with van der Waals surface area (Å²) in [7, 11) is 0. The summed E-state index contributed by atoms with van der Waals surface area (Å²) < 4.78 is 6.25. The Morgan fingerprint density at radius 2 is 1.94 bits per heavy atom. The number of nitrogens with one attached hydrogen (secondary N) is 1. The summed E-state index contributed by atoms with van der Waals surface area (Å²) >= 11 is 0. The monoisotopic (exact) mass is 249 g/mol. The summed E-state index contributed by atoms with van der Waals surface area (Å²) in [6, 6.07) is 6.25. The fourth-order valence-corrected chi connectivity index (χ4v) is 1.86. The van der Waals surface area contributed by atoms with Gasteiger partial charge in [-0.25, -0.2) is 0 Å². The minimum absolute atomic E-state index is 0.131. The minimum atomic E-state index is -0.131. The molecule has 0 fully saturated rings. The molecule has 0 heterocycles. The van der Waals surface area contributed by atoms with E-state index in [4.69, 9.17) is 4.74 Å². The summed E-state index contributed by atoms with van der Waals surface area (Å²) in [5, 5.41) is 3.46. The smallest absolute Gasteiger partial charge is 0.123 e. The van der Waals surface area contributed by atoms with Crippen LogP contribution < -0.4 is 10.1 Å². The van der Waals surface area contributed by atoms with Crippen LogP contribution in [0.25, 0.3) is 0 Å². The van der Waals surface area contributed by atoms with Crippen molar-refractivity contribution in [3.05, 3.63) is 29.3 Å². The third-order valence-electron chi connectivity index (χ3n) is 3.58. The maximum Gasteiger partial charge on any atom is 0.123 e. The first kappa shape index (κ1) is 15.0. The maximum absolute atomic E-state index is 6.25. The van der Waals surface area contributed by atoms with Gasteiger partial charge in [0.25, 0.3) is 0 Å². The zero-order valence-corrected chi connectivity index (χ0v) is 12.5. The van der Waals surface area contributed by atoms with Crippen LogP contribution in [0.1, 0.15) is 44.7 Å². The molecule has 1 aromatic carbocycles. The number of rotatable bonds is 7. The summed E-state index contributed by atoms with van der Waals surface area (Å²) in [5.41, 5.74) is 2.40. The van der Waals surface area contributed by atoms with E-state index in [0.29, 0.717) is 0 Å². The molecule has 0 saturated heterocycles. The van der Waals surface area contributed by atoms with Gasteiger partial charge in [0.1, 0.15) is 11.4 Å².